The minimum Gasteiger partial charge on any atom is -0.396 e. The summed E-state index contributed by atoms with van der Waals surface area (Å²) in [7, 11) is 0. The Bertz CT molecular complexity index is 481. The number of halogens is 2. The second-order valence-electron chi connectivity index (χ2n) is 4.78. The van der Waals surface area contributed by atoms with E-state index in [0.29, 0.717) is 28.5 Å². The number of amides is 1. The molecule has 1 aliphatic carbocycles. The number of carbonyl (C=O) groups excluding carboxylic acids is 1. The van der Waals surface area contributed by atoms with E-state index in [2.05, 4.69) is 5.32 Å². The highest BCUT2D eigenvalue weighted by atomic mass is 35.5. The molecule has 19 heavy (non-hydrogen) atoms. The smallest absolute Gasteiger partial charge is 0.253 e. The van der Waals surface area contributed by atoms with Crippen LogP contribution in [0, 0.1) is 5.92 Å². The van der Waals surface area contributed by atoms with Gasteiger partial charge in [-0.25, -0.2) is 0 Å². The van der Waals surface area contributed by atoms with E-state index in [-0.39, 0.29) is 24.5 Å². The number of nitrogens with one attached hydrogen (secondary N) is 1. The van der Waals surface area contributed by atoms with E-state index in [1.165, 1.54) is 6.07 Å². The van der Waals surface area contributed by atoms with E-state index in [1.807, 2.05) is 0 Å². The molecule has 4 nitrogen and oxygen atoms in total. The van der Waals surface area contributed by atoms with Crippen LogP contribution < -0.4 is 5.32 Å². The Labute approximate surface area is 121 Å². The highest BCUT2D eigenvalue weighted by Gasteiger charge is 2.33. The van der Waals surface area contributed by atoms with Gasteiger partial charge >= 0.3 is 0 Å². The summed E-state index contributed by atoms with van der Waals surface area (Å²) < 4.78 is 0. The van der Waals surface area contributed by atoms with Crippen LogP contribution in [0.15, 0.2) is 18.2 Å². The SMILES string of the molecule is O=C(N[C@@H]1C[C@@H](CO)[C@H](O)C1)c1cc(Cl)ccc1Cl. The summed E-state index contributed by atoms with van der Waals surface area (Å²) in [4.78, 5) is 12.1. The zero-order valence-corrected chi connectivity index (χ0v) is 11.7. The van der Waals surface area contributed by atoms with Gasteiger partial charge in [0.25, 0.3) is 5.91 Å². The van der Waals surface area contributed by atoms with Gasteiger partial charge in [0.2, 0.25) is 0 Å². The molecule has 1 fully saturated rings. The molecule has 0 bridgehead atoms. The Morgan fingerprint density at radius 1 is 1.37 bits per heavy atom. The van der Waals surface area contributed by atoms with Crippen molar-refractivity contribution in [2.45, 2.75) is 25.0 Å². The van der Waals surface area contributed by atoms with Gasteiger partial charge in [0.1, 0.15) is 0 Å². The highest BCUT2D eigenvalue weighted by Crippen LogP contribution is 2.27. The molecule has 0 spiro atoms. The first-order chi connectivity index (χ1) is 9.01. The maximum absolute atomic E-state index is 12.1. The Hall–Kier alpha value is -0.810. The second-order valence-corrected chi connectivity index (χ2v) is 5.62. The van der Waals surface area contributed by atoms with E-state index in [0.717, 1.165) is 0 Å². The molecule has 1 aromatic rings. The molecule has 0 radical (unpaired) electrons. The predicted molar refractivity (Wildman–Crippen MR) is 73.5 cm³/mol. The average Bonchev–Trinajstić information content (AvgIpc) is 2.72. The average molecular weight is 304 g/mol. The van der Waals surface area contributed by atoms with Crippen molar-refractivity contribution in [2.75, 3.05) is 6.61 Å². The number of hydrogen-bond acceptors (Lipinski definition) is 3. The standard InChI is InChI=1S/C13H15Cl2NO3/c14-8-1-2-11(15)10(4-8)13(19)16-9-3-7(6-17)12(18)5-9/h1-2,4,7,9,12,17-18H,3,5-6H2,(H,16,19)/t7-,9+,12+/m0/s1. The molecule has 1 aliphatic rings. The molecule has 1 aromatic carbocycles. The molecule has 3 atom stereocenters. The first-order valence-corrected chi connectivity index (χ1v) is 6.81. The molecule has 0 aromatic heterocycles. The lowest BCUT2D eigenvalue weighted by Gasteiger charge is -2.13. The summed E-state index contributed by atoms with van der Waals surface area (Å²) >= 11 is 11.8. The summed E-state index contributed by atoms with van der Waals surface area (Å²) in [5.74, 6) is -0.497. The van der Waals surface area contributed by atoms with Gasteiger partial charge in [0, 0.05) is 23.6 Å². The van der Waals surface area contributed by atoms with E-state index >= 15 is 0 Å². The predicted octanol–water partition coefficient (Wildman–Crippen LogP) is 1.85. The van der Waals surface area contributed by atoms with Crippen molar-refractivity contribution >= 4 is 29.1 Å². The van der Waals surface area contributed by atoms with Crippen LogP contribution in [0.25, 0.3) is 0 Å². The molecule has 1 saturated carbocycles. The summed E-state index contributed by atoms with van der Waals surface area (Å²) in [6.07, 6.45) is 0.418. The number of aliphatic hydroxyl groups is 2. The van der Waals surface area contributed by atoms with Crippen LogP contribution in [-0.4, -0.2) is 34.9 Å². The number of hydrogen-bond donors (Lipinski definition) is 3. The molecule has 0 saturated heterocycles. The first kappa shape index (κ1) is 14.6. The van der Waals surface area contributed by atoms with Gasteiger partial charge in [-0.15, -0.1) is 0 Å². The van der Waals surface area contributed by atoms with Crippen molar-refractivity contribution in [3.05, 3.63) is 33.8 Å². The van der Waals surface area contributed by atoms with Gasteiger partial charge in [0.05, 0.1) is 16.7 Å². The van der Waals surface area contributed by atoms with E-state index < -0.39 is 6.10 Å². The van der Waals surface area contributed by atoms with Gasteiger partial charge in [-0.05, 0) is 31.0 Å². The van der Waals surface area contributed by atoms with Crippen molar-refractivity contribution in [3.8, 4) is 0 Å². The number of rotatable bonds is 3. The van der Waals surface area contributed by atoms with Gasteiger partial charge in [0.15, 0.2) is 0 Å². The molecule has 104 valence electrons. The van der Waals surface area contributed by atoms with Crippen molar-refractivity contribution in [3.63, 3.8) is 0 Å². The summed E-state index contributed by atoms with van der Waals surface area (Å²) in [5.41, 5.74) is 0.316. The van der Waals surface area contributed by atoms with E-state index in [4.69, 9.17) is 28.3 Å². The number of aliphatic hydroxyl groups excluding tert-OH is 2. The van der Waals surface area contributed by atoms with Crippen LogP contribution in [0.4, 0.5) is 0 Å². The zero-order valence-electron chi connectivity index (χ0n) is 10.1. The van der Waals surface area contributed by atoms with Gasteiger partial charge in [-0.3, -0.25) is 4.79 Å². The van der Waals surface area contributed by atoms with E-state index in [1.54, 1.807) is 12.1 Å². The van der Waals surface area contributed by atoms with Gasteiger partial charge in [-0.1, -0.05) is 23.2 Å². The number of benzene rings is 1. The molecule has 0 heterocycles. The summed E-state index contributed by atoms with van der Waals surface area (Å²) in [6.45, 7) is -0.0779. The molecule has 6 heteroatoms. The second kappa shape index (κ2) is 6.09. The van der Waals surface area contributed by atoms with Crippen molar-refractivity contribution < 1.29 is 15.0 Å². The largest absolute Gasteiger partial charge is 0.396 e. The number of carbonyl (C=O) groups is 1. The van der Waals surface area contributed by atoms with Crippen LogP contribution in [0.2, 0.25) is 10.0 Å². The first-order valence-electron chi connectivity index (χ1n) is 6.06. The summed E-state index contributed by atoms with van der Waals surface area (Å²) in [6, 6.07) is 4.53. The molecule has 1 amide bonds. The van der Waals surface area contributed by atoms with Crippen molar-refractivity contribution in [1.82, 2.24) is 5.32 Å². The third-order valence-electron chi connectivity index (χ3n) is 3.40. The molecular formula is C13H15Cl2NO3. The van der Waals surface area contributed by atoms with Crippen LogP contribution in [0.1, 0.15) is 23.2 Å². The van der Waals surface area contributed by atoms with Gasteiger partial charge in [-0.2, -0.15) is 0 Å². The lowest BCUT2D eigenvalue weighted by Crippen LogP contribution is -2.33. The van der Waals surface area contributed by atoms with Crippen LogP contribution in [0.3, 0.4) is 0 Å². The minimum absolute atomic E-state index is 0.0779. The Morgan fingerprint density at radius 3 is 2.74 bits per heavy atom. The quantitative estimate of drug-likeness (QED) is 0.798. The van der Waals surface area contributed by atoms with Crippen LogP contribution in [-0.2, 0) is 0 Å². The van der Waals surface area contributed by atoms with Crippen molar-refractivity contribution in [1.29, 1.82) is 0 Å². The molecule has 0 unspecified atom stereocenters. The third-order valence-corrected chi connectivity index (χ3v) is 3.96. The lowest BCUT2D eigenvalue weighted by atomic mass is 10.1. The Balaban J connectivity index is 2.04. The van der Waals surface area contributed by atoms with Gasteiger partial charge < -0.3 is 15.5 Å². The minimum atomic E-state index is -0.579. The molecular weight excluding hydrogens is 289 g/mol. The zero-order chi connectivity index (χ0) is 14.0. The lowest BCUT2D eigenvalue weighted by molar-refractivity contribution is 0.0903. The van der Waals surface area contributed by atoms with Crippen LogP contribution in [0.5, 0.6) is 0 Å². The fourth-order valence-electron chi connectivity index (χ4n) is 2.35. The van der Waals surface area contributed by atoms with E-state index in [9.17, 15) is 9.90 Å². The molecule has 0 aliphatic heterocycles. The maximum atomic E-state index is 12.1. The third kappa shape index (κ3) is 3.39. The monoisotopic (exact) mass is 303 g/mol. The Morgan fingerprint density at radius 2 is 2.11 bits per heavy atom. The molecule has 2 rings (SSSR count). The summed E-state index contributed by atoms with van der Waals surface area (Å²) in [5, 5.41) is 22.3. The fraction of sp³-hybridized carbons (Fsp3) is 0.462. The maximum Gasteiger partial charge on any atom is 0.253 e. The van der Waals surface area contributed by atoms with Crippen molar-refractivity contribution in [2.24, 2.45) is 5.92 Å². The highest BCUT2D eigenvalue weighted by molar-refractivity contribution is 6.35. The normalized spacial score (nSPS) is 26.4. The Kier molecular flexibility index (Phi) is 4.68. The molecule has 3 N–H and O–H groups in total. The topological polar surface area (TPSA) is 69.6 Å². The fourth-order valence-corrected chi connectivity index (χ4v) is 2.73. The van der Waals surface area contributed by atoms with Crippen LogP contribution >= 0.6 is 23.2 Å².